The maximum absolute atomic E-state index is 5.87. The lowest BCUT2D eigenvalue weighted by molar-refractivity contribution is 0.0810. The molecule has 116 valence electrons. The molecule has 0 aromatic heterocycles. The topological polar surface area (TPSA) is 30.5 Å². The van der Waals surface area contributed by atoms with Crippen molar-refractivity contribution < 1.29 is 9.47 Å². The minimum Gasteiger partial charge on any atom is -0.491 e. The summed E-state index contributed by atoms with van der Waals surface area (Å²) in [6, 6.07) is 9.03. The largest absolute Gasteiger partial charge is 0.491 e. The van der Waals surface area contributed by atoms with Crippen LogP contribution >= 0.6 is 0 Å². The van der Waals surface area contributed by atoms with Crippen LogP contribution in [0, 0.1) is 5.92 Å². The minimum absolute atomic E-state index is 0.644. The number of para-hydroxylation sites is 1. The van der Waals surface area contributed by atoms with Crippen molar-refractivity contribution in [2.45, 2.75) is 51.1 Å². The molecule has 21 heavy (non-hydrogen) atoms. The highest BCUT2D eigenvalue weighted by Gasteiger charge is 2.20. The summed E-state index contributed by atoms with van der Waals surface area (Å²) in [5.41, 5.74) is 1.25. The van der Waals surface area contributed by atoms with E-state index in [0.29, 0.717) is 13.2 Å². The van der Waals surface area contributed by atoms with Crippen LogP contribution in [0.2, 0.25) is 0 Å². The van der Waals surface area contributed by atoms with Gasteiger partial charge >= 0.3 is 0 Å². The van der Waals surface area contributed by atoms with E-state index in [-0.39, 0.29) is 0 Å². The van der Waals surface area contributed by atoms with Gasteiger partial charge in [0.05, 0.1) is 6.61 Å². The lowest BCUT2D eigenvalue weighted by Crippen LogP contribution is -2.17. The van der Waals surface area contributed by atoms with Crippen molar-refractivity contribution in [3.8, 4) is 5.75 Å². The van der Waals surface area contributed by atoms with E-state index in [9.17, 15) is 0 Å². The Kier molecular flexibility index (Phi) is 5.53. The van der Waals surface area contributed by atoms with Gasteiger partial charge in [-0.15, -0.1) is 0 Å². The fourth-order valence-electron chi connectivity index (χ4n) is 2.68. The summed E-state index contributed by atoms with van der Waals surface area (Å²) in [5, 5.41) is 3.54. The molecule has 0 heterocycles. The van der Waals surface area contributed by atoms with Crippen LogP contribution in [0.1, 0.15) is 44.1 Å². The monoisotopic (exact) mass is 289 g/mol. The van der Waals surface area contributed by atoms with Gasteiger partial charge < -0.3 is 14.8 Å². The summed E-state index contributed by atoms with van der Waals surface area (Å²) in [5.74, 6) is 1.92. The maximum Gasteiger partial charge on any atom is 0.123 e. The zero-order chi connectivity index (χ0) is 14.3. The lowest BCUT2D eigenvalue weighted by Gasteiger charge is -2.24. The van der Waals surface area contributed by atoms with Crippen molar-refractivity contribution in [2.75, 3.05) is 19.8 Å². The van der Waals surface area contributed by atoms with Crippen LogP contribution in [0.3, 0.4) is 0 Å². The quantitative estimate of drug-likeness (QED) is 0.668. The highest BCUT2D eigenvalue weighted by atomic mass is 16.5. The molecule has 0 radical (unpaired) electrons. The molecule has 1 aromatic rings. The molecule has 3 nitrogen and oxygen atoms in total. The van der Waals surface area contributed by atoms with E-state index in [2.05, 4.69) is 23.5 Å². The van der Waals surface area contributed by atoms with Gasteiger partial charge in [0.1, 0.15) is 12.4 Å². The molecular formula is C18H27NO2. The van der Waals surface area contributed by atoms with Gasteiger partial charge in [-0.2, -0.15) is 0 Å². The Morgan fingerprint density at radius 2 is 1.86 bits per heavy atom. The van der Waals surface area contributed by atoms with Crippen molar-refractivity contribution in [2.24, 2.45) is 5.92 Å². The van der Waals surface area contributed by atoms with E-state index >= 15 is 0 Å². The Bertz CT molecular complexity index is 427. The zero-order valence-corrected chi connectivity index (χ0v) is 12.9. The summed E-state index contributed by atoms with van der Waals surface area (Å²) < 4.78 is 11.5. The second kappa shape index (κ2) is 7.81. The van der Waals surface area contributed by atoms with Gasteiger partial charge in [0.25, 0.3) is 0 Å². The van der Waals surface area contributed by atoms with Gasteiger partial charge in [-0.25, -0.2) is 0 Å². The van der Waals surface area contributed by atoms with E-state index in [1.807, 2.05) is 6.07 Å². The third kappa shape index (κ3) is 5.01. The van der Waals surface area contributed by atoms with Crippen molar-refractivity contribution in [1.29, 1.82) is 0 Å². The van der Waals surface area contributed by atoms with E-state index in [0.717, 1.165) is 30.9 Å². The Morgan fingerprint density at radius 3 is 2.62 bits per heavy atom. The summed E-state index contributed by atoms with van der Waals surface area (Å²) in [4.78, 5) is 0. The smallest absolute Gasteiger partial charge is 0.123 e. The molecule has 2 saturated carbocycles. The van der Waals surface area contributed by atoms with Gasteiger partial charge in [-0.3, -0.25) is 0 Å². The van der Waals surface area contributed by atoms with Crippen molar-refractivity contribution in [3.63, 3.8) is 0 Å². The fraction of sp³-hybridized carbons (Fsp3) is 0.667. The molecular weight excluding hydrogens is 262 g/mol. The number of benzene rings is 1. The molecule has 0 saturated heterocycles. The second-order valence-corrected chi connectivity index (χ2v) is 6.31. The molecule has 0 unspecified atom stereocenters. The van der Waals surface area contributed by atoms with Crippen LogP contribution in [0.15, 0.2) is 24.3 Å². The van der Waals surface area contributed by atoms with E-state index in [1.165, 1.54) is 44.1 Å². The molecule has 0 aliphatic heterocycles. The molecule has 2 aliphatic rings. The van der Waals surface area contributed by atoms with Crippen LogP contribution in [-0.2, 0) is 11.3 Å². The number of nitrogens with one attached hydrogen (secondary N) is 1. The first-order valence-electron chi connectivity index (χ1n) is 8.43. The Hall–Kier alpha value is -1.06. The van der Waals surface area contributed by atoms with E-state index in [1.54, 1.807) is 0 Å². The summed E-state index contributed by atoms with van der Waals surface area (Å²) in [7, 11) is 0. The third-order valence-corrected chi connectivity index (χ3v) is 4.51. The van der Waals surface area contributed by atoms with E-state index in [4.69, 9.17) is 9.47 Å². The number of hydrogen-bond donors (Lipinski definition) is 1. The molecule has 2 aliphatic carbocycles. The standard InChI is InChI=1S/C18H27NO2/c1-2-7-18(16(6-1)14-19-17-8-9-17)21-13-12-20-11-10-15-4-3-5-15/h1-2,6-7,15,17,19H,3-5,8-14H2. The summed E-state index contributed by atoms with van der Waals surface area (Å²) in [6.07, 6.45) is 8.08. The Balaban J connectivity index is 1.31. The van der Waals surface area contributed by atoms with Crippen LogP contribution < -0.4 is 10.1 Å². The van der Waals surface area contributed by atoms with Crippen molar-refractivity contribution in [3.05, 3.63) is 29.8 Å². The molecule has 0 atom stereocenters. The lowest BCUT2D eigenvalue weighted by atomic mass is 9.83. The van der Waals surface area contributed by atoms with Crippen LogP contribution in [0.25, 0.3) is 0 Å². The summed E-state index contributed by atoms with van der Waals surface area (Å²) >= 11 is 0. The Morgan fingerprint density at radius 1 is 1.00 bits per heavy atom. The normalized spacial score (nSPS) is 18.5. The van der Waals surface area contributed by atoms with Crippen LogP contribution in [-0.4, -0.2) is 25.9 Å². The molecule has 0 amide bonds. The number of rotatable bonds is 10. The van der Waals surface area contributed by atoms with Crippen molar-refractivity contribution in [1.82, 2.24) is 5.32 Å². The van der Waals surface area contributed by atoms with Gasteiger partial charge in [-0.1, -0.05) is 37.5 Å². The fourth-order valence-corrected chi connectivity index (χ4v) is 2.68. The average molecular weight is 289 g/mol. The summed E-state index contributed by atoms with van der Waals surface area (Å²) in [6.45, 7) is 3.13. The maximum atomic E-state index is 5.87. The number of ether oxygens (including phenoxy) is 2. The third-order valence-electron chi connectivity index (χ3n) is 4.51. The second-order valence-electron chi connectivity index (χ2n) is 6.31. The molecule has 3 heteroatoms. The predicted octanol–water partition coefficient (Wildman–Crippen LogP) is 3.52. The van der Waals surface area contributed by atoms with E-state index < -0.39 is 0 Å². The van der Waals surface area contributed by atoms with Crippen LogP contribution in [0.4, 0.5) is 0 Å². The zero-order valence-electron chi connectivity index (χ0n) is 12.9. The predicted molar refractivity (Wildman–Crippen MR) is 84.6 cm³/mol. The van der Waals surface area contributed by atoms with Gasteiger partial charge in [-0.05, 0) is 31.2 Å². The molecule has 1 aromatic carbocycles. The van der Waals surface area contributed by atoms with Gasteiger partial charge in [0.15, 0.2) is 0 Å². The molecule has 0 spiro atoms. The average Bonchev–Trinajstić information content (AvgIpc) is 3.27. The highest BCUT2D eigenvalue weighted by molar-refractivity contribution is 5.33. The first kappa shape index (κ1) is 14.9. The van der Waals surface area contributed by atoms with Gasteiger partial charge in [0, 0.05) is 24.8 Å². The highest BCUT2D eigenvalue weighted by Crippen LogP contribution is 2.29. The van der Waals surface area contributed by atoms with Gasteiger partial charge in [0.2, 0.25) is 0 Å². The molecule has 1 N–H and O–H groups in total. The first-order chi connectivity index (χ1) is 10.4. The number of hydrogen-bond acceptors (Lipinski definition) is 3. The Labute approximate surface area is 128 Å². The SMILES string of the molecule is c1ccc(OCCOCCC2CCC2)c(CNC2CC2)c1. The van der Waals surface area contributed by atoms with Crippen molar-refractivity contribution >= 4 is 0 Å². The van der Waals surface area contributed by atoms with Crippen LogP contribution in [0.5, 0.6) is 5.75 Å². The molecule has 3 rings (SSSR count). The first-order valence-corrected chi connectivity index (χ1v) is 8.43. The molecule has 2 fully saturated rings. The molecule has 0 bridgehead atoms. The minimum atomic E-state index is 0.644.